The van der Waals surface area contributed by atoms with E-state index in [1.807, 2.05) is 30.3 Å². The third-order valence-electron chi connectivity index (χ3n) is 4.32. The summed E-state index contributed by atoms with van der Waals surface area (Å²) in [6.45, 7) is 2.67. The van der Waals surface area contributed by atoms with Crippen LogP contribution in [0, 0.1) is 12.7 Å². The predicted molar refractivity (Wildman–Crippen MR) is 95.0 cm³/mol. The molecule has 1 aliphatic heterocycles. The summed E-state index contributed by atoms with van der Waals surface area (Å²) in [6, 6.07) is 14.4. The number of aryl methyl sites for hydroxylation is 1. The molecule has 2 aromatic carbocycles. The average Bonchev–Trinajstić information content (AvgIpc) is 3.05. The second-order valence-corrected chi connectivity index (χ2v) is 6.24. The fraction of sp³-hybridized carbons (Fsp3) is 0.200. The van der Waals surface area contributed by atoms with Crippen molar-refractivity contribution in [1.29, 1.82) is 0 Å². The lowest BCUT2D eigenvalue weighted by atomic mass is 10.0. The van der Waals surface area contributed by atoms with Gasteiger partial charge in [-0.05, 0) is 41.8 Å². The van der Waals surface area contributed by atoms with E-state index in [-0.39, 0.29) is 17.5 Å². The smallest absolute Gasteiger partial charge is 0.300 e. The number of fused-ring (bicyclic) bond motifs is 1. The van der Waals surface area contributed by atoms with Crippen LogP contribution in [0.5, 0.6) is 11.8 Å². The topological polar surface area (TPSA) is 53.4 Å². The lowest BCUT2D eigenvalue weighted by Gasteiger charge is -2.11. The molecule has 0 saturated carbocycles. The van der Waals surface area contributed by atoms with Crippen molar-refractivity contribution in [3.8, 4) is 22.9 Å². The summed E-state index contributed by atoms with van der Waals surface area (Å²) >= 11 is 0. The molecule has 6 heteroatoms. The van der Waals surface area contributed by atoms with Gasteiger partial charge in [0.15, 0.2) is 6.10 Å². The summed E-state index contributed by atoms with van der Waals surface area (Å²) in [5.74, 6) is 0.483. The Labute approximate surface area is 149 Å². The van der Waals surface area contributed by atoms with E-state index in [2.05, 4.69) is 4.98 Å². The van der Waals surface area contributed by atoms with Crippen molar-refractivity contribution in [1.82, 2.24) is 9.55 Å². The van der Waals surface area contributed by atoms with Gasteiger partial charge in [-0.1, -0.05) is 24.3 Å². The zero-order chi connectivity index (χ0) is 18.1. The van der Waals surface area contributed by atoms with Crippen LogP contribution in [0.1, 0.15) is 5.56 Å². The van der Waals surface area contributed by atoms with Gasteiger partial charge in [0.1, 0.15) is 18.2 Å². The van der Waals surface area contributed by atoms with Crippen LogP contribution in [0.2, 0.25) is 0 Å². The van der Waals surface area contributed by atoms with Crippen molar-refractivity contribution in [2.75, 3.05) is 6.61 Å². The summed E-state index contributed by atoms with van der Waals surface area (Å²) in [5.41, 5.74) is 2.05. The largest absolute Gasteiger partial charge is 0.490 e. The Bertz CT molecular complexity index is 999. The monoisotopic (exact) mass is 352 g/mol. The minimum atomic E-state index is -0.319. The maximum absolute atomic E-state index is 13.7. The molecule has 0 saturated heterocycles. The number of hydrogen-bond acceptors (Lipinski definition) is 4. The number of ether oxygens (including phenoxy) is 2. The van der Waals surface area contributed by atoms with Crippen LogP contribution >= 0.6 is 0 Å². The van der Waals surface area contributed by atoms with Gasteiger partial charge in [-0.25, -0.2) is 4.39 Å². The van der Waals surface area contributed by atoms with E-state index in [0.29, 0.717) is 30.5 Å². The van der Waals surface area contributed by atoms with Gasteiger partial charge in [0.05, 0.1) is 6.54 Å². The maximum Gasteiger partial charge on any atom is 0.300 e. The summed E-state index contributed by atoms with van der Waals surface area (Å²) in [7, 11) is 0. The summed E-state index contributed by atoms with van der Waals surface area (Å²) in [5, 5.41) is 0. The summed E-state index contributed by atoms with van der Waals surface area (Å²) in [6.07, 6.45) is 1.47. The number of rotatable bonds is 4. The molecule has 0 N–H and O–H groups in total. The van der Waals surface area contributed by atoms with E-state index in [9.17, 15) is 9.18 Å². The first-order valence-corrected chi connectivity index (χ1v) is 8.32. The van der Waals surface area contributed by atoms with Crippen molar-refractivity contribution < 1.29 is 13.9 Å². The highest BCUT2D eigenvalue weighted by Gasteiger charge is 2.23. The Hall–Kier alpha value is -3.15. The molecular weight excluding hydrogens is 335 g/mol. The molecule has 1 aliphatic rings. The molecule has 0 radical (unpaired) electrons. The van der Waals surface area contributed by atoms with Gasteiger partial charge >= 0.3 is 0 Å². The standard InChI is InChI=1S/C20H17FN2O3/c1-13-2-3-15(10-18(13)21)14-4-6-16(7-5-14)25-12-17-11-23-9-8-19(24)22-20(23)26-17/h2-10,17H,11-12H2,1H3. The molecular formula is C20H17FN2O3. The van der Waals surface area contributed by atoms with E-state index in [0.717, 1.165) is 11.1 Å². The van der Waals surface area contributed by atoms with E-state index in [4.69, 9.17) is 9.47 Å². The van der Waals surface area contributed by atoms with E-state index < -0.39 is 0 Å². The van der Waals surface area contributed by atoms with Gasteiger partial charge in [-0.15, -0.1) is 0 Å². The quantitative estimate of drug-likeness (QED) is 0.724. The lowest BCUT2D eigenvalue weighted by molar-refractivity contribution is 0.143. The van der Waals surface area contributed by atoms with Crippen LogP contribution in [0.4, 0.5) is 4.39 Å². The number of hydrogen-bond donors (Lipinski definition) is 0. The van der Waals surface area contributed by atoms with Crippen LogP contribution in [-0.2, 0) is 6.54 Å². The van der Waals surface area contributed by atoms with Gasteiger partial charge in [0.2, 0.25) is 0 Å². The second kappa shape index (κ2) is 6.63. The zero-order valence-corrected chi connectivity index (χ0v) is 14.2. The van der Waals surface area contributed by atoms with Crippen molar-refractivity contribution in [2.45, 2.75) is 19.6 Å². The molecule has 1 atom stereocenters. The third-order valence-corrected chi connectivity index (χ3v) is 4.32. The van der Waals surface area contributed by atoms with Crippen LogP contribution < -0.4 is 15.0 Å². The highest BCUT2D eigenvalue weighted by molar-refractivity contribution is 5.64. The van der Waals surface area contributed by atoms with Crippen LogP contribution in [0.15, 0.2) is 59.5 Å². The van der Waals surface area contributed by atoms with Crippen molar-refractivity contribution in [3.05, 3.63) is 76.5 Å². The number of nitrogens with zero attached hydrogens (tertiary/aromatic N) is 2. The zero-order valence-electron chi connectivity index (χ0n) is 14.2. The molecule has 2 heterocycles. The molecule has 5 nitrogen and oxygen atoms in total. The van der Waals surface area contributed by atoms with Gasteiger partial charge in [0.25, 0.3) is 11.6 Å². The fourth-order valence-electron chi connectivity index (χ4n) is 2.84. The fourth-order valence-corrected chi connectivity index (χ4v) is 2.84. The first kappa shape index (κ1) is 16.3. The Morgan fingerprint density at radius 1 is 1.19 bits per heavy atom. The third kappa shape index (κ3) is 3.31. The average molecular weight is 352 g/mol. The van der Waals surface area contributed by atoms with Gasteiger partial charge in [-0.3, -0.25) is 9.36 Å². The molecule has 0 bridgehead atoms. The van der Waals surface area contributed by atoms with Gasteiger partial charge < -0.3 is 9.47 Å². The molecule has 0 fully saturated rings. The molecule has 1 unspecified atom stereocenters. The highest BCUT2D eigenvalue weighted by atomic mass is 19.1. The predicted octanol–water partition coefficient (Wildman–Crippen LogP) is 3.20. The Kier molecular flexibility index (Phi) is 4.16. The van der Waals surface area contributed by atoms with Crippen molar-refractivity contribution in [3.63, 3.8) is 0 Å². The van der Waals surface area contributed by atoms with Crippen LogP contribution in [-0.4, -0.2) is 22.3 Å². The van der Waals surface area contributed by atoms with Crippen LogP contribution in [0.3, 0.4) is 0 Å². The minimum Gasteiger partial charge on any atom is -0.490 e. The minimum absolute atomic E-state index is 0.199. The number of aromatic nitrogens is 2. The first-order chi connectivity index (χ1) is 12.6. The molecule has 0 amide bonds. The second-order valence-electron chi connectivity index (χ2n) is 6.24. The lowest BCUT2D eigenvalue weighted by Crippen LogP contribution is -2.23. The van der Waals surface area contributed by atoms with E-state index in [1.54, 1.807) is 23.8 Å². The Morgan fingerprint density at radius 3 is 2.73 bits per heavy atom. The summed E-state index contributed by atoms with van der Waals surface area (Å²) in [4.78, 5) is 15.1. The normalized spacial score (nSPS) is 15.4. The van der Waals surface area contributed by atoms with E-state index in [1.165, 1.54) is 12.1 Å². The van der Waals surface area contributed by atoms with Gasteiger partial charge in [0, 0.05) is 12.3 Å². The molecule has 26 heavy (non-hydrogen) atoms. The molecule has 0 spiro atoms. The van der Waals surface area contributed by atoms with Gasteiger partial charge in [-0.2, -0.15) is 4.98 Å². The molecule has 4 rings (SSSR count). The Balaban J connectivity index is 1.39. The van der Waals surface area contributed by atoms with Crippen LogP contribution in [0.25, 0.3) is 11.1 Å². The Morgan fingerprint density at radius 2 is 1.96 bits per heavy atom. The SMILES string of the molecule is Cc1ccc(-c2ccc(OCC3Cn4ccc(=O)nc4O3)cc2)cc1F. The summed E-state index contributed by atoms with van der Waals surface area (Å²) < 4.78 is 26.9. The molecule has 1 aromatic heterocycles. The highest BCUT2D eigenvalue weighted by Crippen LogP contribution is 2.25. The van der Waals surface area contributed by atoms with Crippen molar-refractivity contribution in [2.24, 2.45) is 0 Å². The number of halogens is 1. The first-order valence-electron chi connectivity index (χ1n) is 8.32. The molecule has 3 aromatic rings. The van der Waals surface area contributed by atoms with E-state index >= 15 is 0 Å². The maximum atomic E-state index is 13.7. The van der Waals surface area contributed by atoms with Crippen molar-refractivity contribution >= 4 is 0 Å². The molecule has 132 valence electrons. The molecule has 0 aliphatic carbocycles. The number of benzene rings is 2.